The maximum Gasteiger partial charge on any atom is 0.534 e. The zero-order chi connectivity index (χ0) is 25.2. The van der Waals surface area contributed by atoms with Crippen LogP contribution in [-0.2, 0) is 21.4 Å². The molecule has 2 aromatic carbocycles. The lowest BCUT2D eigenvalue weighted by molar-refractivity contribution is -0.0500. The Morgan fingerprint density at radius 2 is 1.74 bits per heavy atom. The van der Waals surface area contributed by atoms with Gasteiger partial charge in [0.05, 0.1) is 6.61 Å². The van der Waals surface area contributed by atoms with Crippen molar-refractivity contribution >= 4 is 27.1 Å². The van der Waals surface area contributed by atoms with Gasteiger partial charge in [-0.3, -0.25) is 4.90 Å². The Kier molecular flexibility index (Phi) is 7.09. The molecule has 0 aliphatic carbocycles. The number of furan rings is 1. The molecule has 11 heteroatoms. The van der Waals surface area contributed by atoms with Gasteiger partial charge in [-0.25, -0.2) is 4.79 Å². The number of halogens is 3. The highest BCUT2D eigenvalue weighted by atomic mass is 32.2. The number of hydrogen-bond donors (Lipinski definition) is 0. The van der Waals surface area contributed by atoms with E-state index in [9.17, 15) is 26.4 Å². The van der Waals surface area contributed by atoms with Gasteiger partial charge in [-0.05, 0) is 45.0 Å². The summed E-state index contributed by atoms with van der Waals surface area (Å²) < 4.78 is 79.0. The van der Waals surface area contributed by atoms with Gasteiger partial charge in [-0.15, -0.1) is 0 Å². The Hall–Kier alpha value is -3.05. The molecule has 1 aliphatic heterocycles. The van der Waals surface area contributed by atoms with Crippen LogP contribution in [0.3, 0.4) is 0 Å². The third kappa shape index (κ3) is 5.15. The molecule has 0 atom stereocenters. The Balaban J connectivity index is 1.97. The Morgan fingerprint density at radius 1 is 1.06 bits per heavy atom. The number of ether oxygens (including phenoxy) is 1. The summed E-state index contributed by atoms with van der Waals surface area (Å²) in [4.78, 5) is 15.1. The van der Waals surface area contributed by atoms with Gasteiger partial charge in [-0.1, -0.05) is 36.8 Å². The number of hydrogen-bond acceptors (Lipinski definition) is 7. The molecule has 0 bridgehead atoms. The van der Waals surface area contributed by atoms with Crippen LogP contribution in [0.25, 0.3) is 22.3 Å². The molecular weight excluding hydrogens is 487 g/mol. The molecular formula is C24H24F3NO6S. The van der Waals surface area contributed by atoms with E-state index in [1.807, 2.05) is 4.90 Å². The SMILES string of the molecule is CCOC(=O)c1c(-c2ccccc2)oc2ccc(OS(=O)(=O)C(F)(F)F)c(CN3CCCCC3)c12. The zero-order valence-electron chi connectivity index (χ0n) is 18.9. The summed E-state index contributed by atoms with van der Waals surface area (Å²) in [6.07, 6.45) is 2.79. The topological polar surface area (TPSA) is 86.0 Å². The van der Waals surface area contributed by atoms with Gasteiger partial charge in [0.2, 0.25) is 0 Å². The monoisotopic (exact) mass is 511 g/mol. The van der Waals surface area contributed by atoms with Crippen LogP contribution in [0.2, 0.25) is 0 Å². The highest BCUT2D eigenvalue weighted by Gasteiger charge is 2.49. The van der Waals surface area contributed by atoms with E-state index in [1.54, 1.807) is 37.3 Å². The predicted molar refractivity (Wildman–Crippen MR) is 122 cm³/mol. The first-order valence-corrected chi connectivity index (χ1v) is 12.6. The molecule has 0 spiro atoms. The quantitative estimate of drug-likeness (QED) is 0.236. The van der Waals surface area contributed by atoms with Crippen LogP contribution in [0, 0.1) is 0 Å². The third-order valence-electron chi connectivity index (χ3n) is 5.75. The molecule has 1 saturated heterocycles. The first-order valence-electron chi connectivity index (χ1n) is 11.2. The summed E-state index contributed by atoms with van der Waals surface area (Å²) in [6, 6.07) is 11.1. The average Bonchev–Trinajstić information content (AvgIpc) is 3.21. The number of carbonyl (C=O) groups is 1. The van der Waals surface area contributed by atoms with Crippen LogP contribution >= 0.6 is 0 Å². The summed E-state index contributed by atoms with van der Waals surface area (Å²) in [5.74, 6) is -1.07. The van der Waals surface area contributed by atoms with Crippen molar-refractivity contribution in [2.45, 2.75) is 38.2 Å². The van der Waals surface area contributed by atoms with Crippen molar-refractivity contribution < 1.29 is 39.7 Å². The maximum atomic E-state index is 13.1. The summed E-state index contributed by atoms with van der Waals surface area (Å²) in [6.45, 7) is 3.08. The average molecular weight is 512 g/mol. The molecule has 0 radical (unpaired) electrons. The van der Waals surface area contributed by atoms with Gasteiger partial charge in [0, 0.05) is 23.1 Å². The molecule has 35 heavy (non-hydrogen) atoms. The number of benzene rings is 2. The van der Waals surface area contributed by atoms with E-state index in [0.717, 1.165) is 25.3 Å². The van der Waals surface area contributed by atoms with Crippen LogP contribution in [0.1, 0.15) is 42.1 Å². The van der Waals surface area contributed by atoms with E-state index in [2.05, 4.69) is 4.18 Å². The molecule has 0 amide bonds. The maximum absolute atomic E-state index is 13.1. The number of likely N-dealkylation sites (tertiary alicyclic amines) is 1. The van der Waals surface area contributed by atoms with Gasteiger partial charge < -0.3 is 13.3 Å². The largest absolute Gasteiger partial charge is 0.534 e. The Labute approximate surface area is 200 Å². The Bertz CT molecular complexity index is 1310. The van der Waals surface area contributed by atoms with Crippen molar-refractivity contribution in [1.82, 2.24) is 4.90 Å². The van der Waals surface area contributed by atoms with E-state index < -0.39 is 27.3 Å². The van der Waals surface area contributed by atoms with Crippen molar-refractivity contribution in [2.24, 2.45) is 0 Å². The van der Waals surface area contributed by atoms with E-state index in [-0.39, 0.29) is 41.0 Å². The van der Waals surface area contributed by atoms with Crippen molar-refractivity contribution in [2.75, 3.05) is 19.7 Å². The molecule has 4 rings (SSSR count). The van der Waals surface area contributed by atoms with Gasteiger partial charge >= 0.3 is 21.6 Å². The molecule has 0 N–H and O–H groups in total. The van der Waals surface area contributed by atoms with Crippen LogP contribution in [-0.4, -0.2) is 44.5 Å². The molecule has 0 saturated carbocycles. The van der Waals surface area contributed by atoms with Crippen molar-refractivity contribution in [3.63, 3.8) is 0 Å². The van der Waals surface area contributed by atoms with Crippen molar-refractivity contribution in [1.29, 1.82) is 0 Å². The van der Waals surface area contributed by atoms with Crippen LogP contribution in [0.4, 0.5) is 13.2 Å². The summed E-state index contributed by atoms with van der Waals surface area (Å²) in [7, 11) is -5.94. The molecule has 7 nitrogen and oxygen atoms in total. The minimum absolute atomic E-state index is 0.00918. The van der Waals surface area contributed by atoms with Gasteiger partial charge in [0.15, 0.2) is 0 Å². The summed E-state index contributed by atoms with van der Waals surface area (Å²) >= 11 is 0. The van der Waals surface area contributed by atoms with Gasteiger partial charge in [0.25, 0.3) is 0 Å². The lowest BCUT2D eigenvalue weighted by Gasteiger charge is -2.27. The lowest BCUT2D eigenvalue weighted by atomic mass is 10.00. The third-order valence-corrected chi connectivity index (χ3v) is 6.72. The highest BCUT2D eigenvalue weighted by molar-refractivity contribution is 7.88. The van der Waals surface area contributed by atoms with Crippen LogP contribution in [0.15, 0.2) is 46.9 Å². The van der Waals surface area contributed by atoms with Crippen LogP contribution in [0.5, 0.6) is 5.75 Å². The van der Waals surface area contributed by atoms with Crippen molar-refractivity contribution in [3.05, 3.63) is 53.6 Å². The fraction of sp³-hybridized carbons (Fsp3) is 0.375. The van der Waals surface area contributed by atoms with E-state index >= 15 is 0 Å². The van der Waals surface area contributed by atoms with Crippen LogP contribution < -0.4 is 4.18 Å². The number of carbonyl (C=O) groups excluding carboxylic acids is 1. The number of piperidine rings is 1. The first-order chi connectivity index (χ1) is 16.6. The molecule has 188 valence electrons. The highest BCUT2D eigenvalue weighted by Crippen LogP contribution is 2.41. The van der Waals surface area contributed by atoms with Crippen molar-refractivity contribution in [3.8, 4) is 17.1 Å². The smallest absolute Gasteiger partial charge is 0.462 e. The fourth-order valence-corrected chi connectivity index (χ4v) is 4.66. The normalized spacial score (nSPS) is 15.3. The zero-order valence-corrected chi connectivity index (χ0v) is 19.7. The predicted octanol–water partition coefficient (Wildman–Crippen LogP) is 5.49. The Morgan fingerprint density at radius 3 is 2.37 bits per heavy atom. The number of nitrogens with zero attached hydrogens (tertiary/aromatic N) is 1. The van der Waals surface area contributed by atoms with E-state index in [0.29, 0.717) is 18.7 Å². The molecule has 0 unspecified atom stereocenters. The second-order valence-electron chi connectivity index (χ2n) is 8.13. The number of esters is 1. The van der Waals surface area contributed by atoms with Gasteiger partial charge in [0.1, 0.15) is 22.7 Å². The molecule has 1 fully saturated rings. The molecule has 1 aliphatic rings. The lowest BCUT2D eigenvalue weighted by Crippen LogP contribution is -2.31. The number of alkyl halides is 3. The van der Waals surface area contributed by atoms with E-state index in [1.165, 1.54) is 6.07 Å². The number of fused-ring (bicyclic) bond motifs is 1. The minimum Gasteiger partial charge on any atom is -0.462 e. The standard InChI is InChI=1S/C24H24F3NO6S/c1-2-32-23(29)21-20-17(15-28-13-7-4-8-14-28)18(34-35(30,31)24(25,26)27)11-12-19(20)33-22(21)16-9-5-3-6-10-16/h3,5-6,9-12H,2,4,7-8,13-15H2,1H3. The molecule has 2 heterocycles. The number of rotatable bonds is 7. The summed E-state index contributed by atoms with van der Waals surface area (Å²) in [5, 5.41) is 0.169. The first kappa shape index (κ1) is 25.1. The minimum atomic E-state index is -5.94. The fourth-order valence-electron chi connectivity index (χ4n) is 4.17. The molecule has 3 aromatic rings. The molecule has 1 aromatic heterocycles. The van der Waals surface area contributed by atoms with E-state index in [4.69, 9.17) is 9.15 Å². The second-order valence-corrected chi connectivity index (χ2v) is 9.67. The van der Waals surface area contributed by atoms with Gasteiger partial charge in [-0.2, -0.15) is 21.6 Å². The second kappa shape index (κ2) is 9.90. The summed E-state index contributed by atoms with van der Waals surface area (Å²) in [5.41, 5.74) is -4.72.